The molecule has 0 bridgehead atoms. The average Bonchev–Trinajstić information content (AvgIpc) is 1.13. The lowest BCUT2D eigenvalue weighted by atomic mass is 9.82. The second-order valence-corrected chi connectivity index (χ2v) is 22.2. The number of ether oxygens (including phenoxy) is 8. The highest BCUT2D eigenvalue weighted by molar-refractivity contribution is 7.22. The zero-order valence-electron chi connectivity index (χ0n) is 50.0. The van der Waals surface area contributed by atoms with Crippen molar-refractivity contribution in [1.29, 1.82) is 0 Å². The number of unbranched alkanes of at least 4 members (excludes halogenated alkanes) is 6. The van der Waals surface area contributed by atoms with Crippen LogP contribution in [0.5, 0.6) is 34.5 Å². The highest BCUT2D eigenvalue weighted by atomic mass is 32.1. The van der Waals surface area contributed by atoms with Gasteiger partial charge in [-0.25, -0.2) is 14.6 Å². The fourth-order valence-electron chi connectivity index (χ4n) is 10.1. The van der Waals surface area contributed by atoms with Gasteiger partial charge in [-0.2, -0.15) is 10.1 Å². The normalized spacial score (nSPS) is 15.8. The van der Waals surface area contributed by atoms with Crippen molar-refractivity contribution in [2.45, 2.75) is 103 Å². The van der Waals surface area contributed by atoms with Crippen molar-refractivity contribution in [3.63, 3.8) is 0 Å². The molecule has 18 heteroatoms. The Kier molecular flexibility index (Phi) is 25.6. The molecule has 2 aliphatic rings. The number of nitrogens with zero attached hydrogens (tertiary/aromatic N) is 3. The van der Waals surface area contributed by atoms with E-state index in [1.165, 1.54) is 22.6 Å². The number of hydrogen-bond acceptors (Lipinski definition) is 18. The number of rotatable bonds is 29. The summed E-state index contributed by atoms with van der Waals surface area (Å²) in [7, 11) is 0. The van der Waals surface area contributed by atoms with Gasteiger partial charge in [0.25, 0.3) is 0 Å². The van der Waals surface area contributed by atoms with Crippen molar-refractivity contribution >= 4 is 79.5 Å². The fraction of sp³-hybridized carbons (Fsp3) is 0.333. The Morgan fingerprint density at radius 3 is 1.49 bits per heavy atom. The van der Waals surface area contributed by atoms with Crippen molar-refractivity contribution in [3.8, 4) is 82.5 Å². The summed E-state index contributed by atoms with van der Waals surface area (Å²) in [6, 6.07) is 33.0. The van der Waals surface area contributed by atoms with Crippen LogP contribution >= 0.6 is 11.3 Å². The number of carbonyl (C=O) groups excluding carboxylic acids is 6. The van der Waals surface area contributed by atoms with E-state index in [1.54, 1.807) is 78.9 Å². The molecule has 2 fully saturated rings. The molecule has 0 radical (unpaired) electrons. The third kappa shape index (κ3) is 20.2. The Hall–Kier alpha value is -10.1. The lowest BCUT2D eigenvalue weighted by Gasteiger charge is -2.27. The minimum absolute atomic E-state index is 0.161. The quantitative estimate of drug-likeness (QED) is 0.00626. The number of benzene rings is 5. The SMILES string of the molecule is C#CC#CC#CC#CN(/N=C/c1cc(OC(=O)C2CCC(C(=O)Oc3ccc(OCCCCCCOC(=O)C=C)cc3)CC2)c2ccccc2c1OC(=O)C1CCC(C(=O)Oc2ccc(OCCCCCCOC(=O)C=C)cc2)CC1)c1nc2ccccc2s1. The number of carbonyl (C=O) groups is 6. The van der Waals surface area contributed by atoms with Crippen LogP contribution in [0.2, 0.25) is 0 Å². The molecule has 0 saturated heterocycles. The molecule has 2 aliphatic carbocycles. The topological polar surface area (TPSA) is 205 Å². The van der Waals surface area contributed by atoms with E-state index in [-0.39, 0.29) is 29.0 Å². The number of fused-ring (bicyclic) bond motifs is 2. The maximum absolute atomic E-state index is 14.4. The molecule has 1 heterocycles. The number of terminal acetylenes is 1. The number of esters is 6. The second-order valence-electron chi connectivity index (χ2n) is 21.2. The third-order valence-electron chi connectivity index (χ3n) is 15.0. The van der Waals surface area contributed by atoms with E-state index in [1.807, 2.05) is 24.3 Å². The average molecular weight is 1230 g/mol. The molecule has 8 rings (SSSR count). The number of hydrogen-bond donors (Lipinski definition) is 0. The summed E-state index contributed by atoms with van der Waals surface area (Å²) < 4.78 is 46.8. The van der Waals surface area contributed by atoms with E-state index in [2.05, 4.69) is 54.7 Å². The Labute approximate surface area is 528 Å². The van der Waals surface area contributed by atoms with Gasteiger partial charge >= 0.3 is 35.8 Å². The van der Waals surface area contributed by atoms with Gasteiger partial charge in [0.15, 0.2) is 0 Å². The zero-order chi connectivity index (χ0) is 63.3. The highest BCUT2D eigenvalue weighted by Crippen LogP contribution is 2.40. The van der Waals surface area contributed by atoms with Crippen LogP contribution in [0, 0.1) is 71.7 Å². The molecule has 0 atom stereocenters. The Bertz CT molecular complexity index is 3740. The smallest absolute Gasteiger partial charge is 0.330 e. The minimum Gasteiger partial charge on any atom is -0.494 e. The van der Waals surface area contributed by atoms with Gasteiger partial charge in [0.1, 0.15) is 34.5 Å². The summed E-state index contributed by atoms with van der Waals surface area (Å²) in [5.74, 6) is 13.0. The second kappa shape index (κ2) is 35.0. The van der Waals surface area contributed by atoms with E-state index in [9.17, 15) is 28.8 Å². The van der Waals surface area contributed by atoms with Crippen LogP contribution < -0.4 is 33.4 Å². The van der Waals surface area contributed by atoms with Crippen LogP contribution in [0.1, 0.15) is 108 Å². The van der Waals surface area contributed by atoms with E-state index < -0.39 is 47.5 Å². The number of hydrazone groups is 1. The molecule has 0 unspecified atom stereocenters. The summed E-state index contributed by atoms with van der Waals surface area (Å²) in [6.45, 7) is 8.53. The number of anilines is 1. The summed E-state index contributed by atoms with van der Waals surface area (Å²) in [4.78, 5) is 82.6. The predicted molar refractivity (Wildman–Crippen MR) is 342 cm³/mol. The standard InChI is InChI=1S/C72H69N3O14S/c1-4-7-8-9-10-19-44-75(72-74-62-26-17-18-27-64(62)90-72)73-50-55-49-63(88-70(80)53-32-28-51(29-33-53)68(78)86-58-40-36-56(37-41-58)82-45-20-11-13-22-47-84-65(76)5-2)60-24-15-16-25-61(60)67(55)89-71(81)54-34-30-52(31-35-54)69(79)87-59-42-38-57(39-43-59)83-46-21-12-14-23-48-85-66(77)6-3/h1,5-6,15-18,24-27,36-43,49-54H,2-3,11-14,20-23,28-35,45-48H2/b73-50+. The molecule has 0 spiro atoms. The Morgan fingerprint density at radius 1 is 0.533 bits per heavy atom. The van der Waals surface area contributed by atoms with E-state index in [0.29, 0.717) is 117 Å². The molecule has 1 aromatic heterocycles. The molecule has 462 valence electrons. The molecule has 0 amide bonds. The van der Waals surface area contributed by atoms with Gasteiger partial charge in [-0.1, -0.05) is 60.9 Å². The molecule has 5 aromatic carbocycles. The summed E-state index contributed by atoms with van der Waals surface area (Å²) in [5, 5.41) is 7.48. The highest BCUT2D eigenvalue weighted by Gasteiger charge is 2.35. The number of aromatic nitrogens is 1. The van der Waals surface area contributed by atoms with Crippen LogP contribution in [0.3, 0.4) is 0 Å². The first-order valence-corrected chi connectivity index (χ1v) is 30.9. The molecule has 0 aliphatic heterocycles. The van der Waals surface area contributed by atoms with Crippen molar-refractivity contribution < 1.29 is 66.7 Å². The lowest BCUT2D eigenvalue weighted by Crippen LogP contribution is -2.31. The van der Waals surface area contributed by atoms with Crippen LogP contribution in [0.25, 0.3) is 21.0 Å². The minimum atomic E-state index is -0.558. The van der Waals surface area contributed by atoms with Gasteiger partial charge < -0.3 is 37.9 Å². The van der Waals surface area contributed by atoms with Gasteiger partial charge in [0, 0.05) is 46.2 Å². The van der Waals surface area contributed by atoms with Gasteiger partial charge in [0.2, 0.25) is 5.13 Å². The summed E-state index contributed by atoms with van der Waals surface area (Å²) >= 11 is 1.34. The van der Waals surface area contributed by atoms with Crippen molar-refractivity contribution in [2.24, 2.45) is 28.8 Å². The number of para-hydroxylation sites is 1. The number of thiazole rings is 1. The lowest BCUT2D eigenvalue weighted by molar-refractivity contribution is -0.145. The van der Waals surface area contributed by atoms with Gasteiger partial charge in [-0.05, 0) is 187 Å². The molecule has 2 saturated carbocycles. The third-order valence-corrected chi connectivity index (χ3v) is 16.0. The largest absolute Gasteiger partial charge is 0.494 e. The molecular formula is C72H69N3O14S. The zero-order valence-corrected chi connectivity index (χ0v) is 50.8. The van der Waals surface area contributed by atoms with Crippen LogP contribution in [-0.4, -0.2) is 73.4 Å². The maximum atomic E-state index is 14.4. The monoisotopic (exact) mass is 1230 g/mol. The Balaban J connectivity index is 0.911. The molecule has 90 heavy (non-hydrogen) atoms. The van der Waals surface area contributed by atoms with Crippen molar-refractivity contribution in [1.82, 2.24) is 4.98 Å². The summed E-state index contributed by atoms with van der Waals surface area (Å²) in [6.07, 6.45) is 18.9. The molecular weight excluding hydrogens is 1160 g/mol. The van der Waals surface area contributed by atoms with Gasteiger partial charge in [-0.3, -0.25) is 19.2 Å². The van der Waals surface area contributed by atoms with E-state index in [0.717, 1.165) is 73.7 Å². The first kappa shape index (κ1) is 65.8. The predicted octanol–water partition coefficient (Wildman–Crippen LogP) is 12.9. The molecule has 17 nitrogen and oxygen atoms in total. The maximum Gasteiger partial charge on any atom is 0.330 e. The first-order valence-electron chi connectivity index (χ1n) is 30.1. The van der Waals surface area contributed by atoms with Crippen molar-refractivity contribution in [3.05, 3.63) is 134 Å². The summed E-state index contributed by atoms with van der Waals surface area (Å²) in [5.41, 5.74) is 0.998. The molecule has 0 N–H and O–H groups in total. The fourth-order valence-corrected chi connectivity index (χ4v) is 11.0. The van der Waals surface area contributed by atoms with Crippen LogP contribution in [0.15, 0.2) is 134 Å². The van der Waals surface area contributed by atoms with Gasteiger partial charge in [-0.15, -0.1) is 6.42 Å². The Morgan fingerprint density at radius 2 is 0.978 bits per heavy atom. The van der Waals surface area contributed by atoms with Crippen LogP contribution in [-0.2, 0) is 38.2 Å². The molecule has 6 aromatic rings. The van der Waals surface area contributed by atoms with Crippen molar-refractivity contribution in [2.75, 3.05) is 31.4 Å². The first-order chi connectivity index (χ1) is 44.0. The van der Waals surface area contributed by atoms with Gasteiger partial charge in [0.05, 0.1) is 72.6 Å². The van der Waals surface area contributed by atoms with E-state index >= 15 is 0 Å². The van der Waals surface area contributed by atoms with E-state index in [4.69, 9.17) is 54.4 Å². The van der Waals surface area contributed by atoms with Crippen LogP contribution in [0.4, 0.5) is 5.13 Å².